The van der Waals surface area contributed by atoms with Crippen LogP contribution >= 0.6 is 0 Å². The Morgan fingerprint density at radius 3 is 2.50 bits per heavy atom. The van der Waals surface area contributed by atoms with Gasteiger partial charge in [0.1, 0.15) is 5.60 Å². The molecule has 3 heteroatoms. The van der Waals surface area contributed by atoms with Crippen LogP contribution in [0.3, 0.4) is 0 Å². The van der Waals surface area contributed by atoms with Crippen LogP contribution in [0.1, 0.15) is 32.3 Å². The largest absolute Gasteiger partial charge is 0.460 e. The molecule has 0 aromatic heterocycles. The lowest BCUT2D eigenvalue weighted by molar-refractivity contribution is -0.159. The molecule has 0 spiro atoms. The van der Waals surface area contributed by atoms with Gasteiger partial charge in [0, 0.05) is 19.0 Å². The van der Waals surface area contributed by atoms with Crippen molar-refractivity contribution in [1.29, 1.82) is 0 Å². The number of nitrogens with one attached hydrogen (secondary N) is 1. The molecule has 0 amide bonds. The maximum absolute atomic E-state index is 12.2. The van der Waals surface area contributed by atoms with Crippen molar-refractivity contribution in [1.82, 2.24) is 5.32 Å². The van der Waals surface area contributed by atoms with Crippen LogP contribution in [0, 0.1) is 5.92 Å². The van der Waals surface area contributed by atoms with Crippen LogP contribution in [-0.2, 0) is 9.53 Å². The van der Waals surface area contributed by atoms with E-state index < -0.39 is 5.60 Å². The highest BCUT2D eigenvalue weighted by atomic mass is 16.6. The molecule has 1 aromatic carbocycles. The second kappa shape index (κ2) is 5.11. The number of esters is 1. The predicted octanol–water partition coefficient (Wildman–Crippen LogP) is 2.33. The molecular formula is C15H21NO2. The third-order valence-electron chi connectivity index (χ3n) is 3.15. The van der Waals surface area contributed by atoms with Crippen molar-refractivity contribution in [2.45, 2.75) is 32.3 Å². The van der Waals surface area contributed by atoms with Gasteiger partial charge in [-0.1, -0.05) is 30.3 Å². The SMILES string of the molecule is CC(C)(C)OC(=O)C1CNCC1c1ccccc1. The summed E-state index contributed by atoms with van der Waals surface area (Å²) in [5.74, 6) is 0.0500. The van der Waals surface area contributed by atoms with Gasteiger partial charge in [-0.15, -0.1) is 0 Å². The summed E-state index contributed by atoms with van der Waals surface area (Å²) in [6, 6.07) is 10.2. The Labute approximate surface area is 109 Å². The molecule has 2 rings (SSSR count). The van der Waals surface area contributed by atoms with E-state index in [4.69, 9.17) is 4.74 Å². The standard InChI is InChI=1S/C15H21NO2/c1-15(2,3)18-14(17)13-10-16-9-12(13)11-7-5-4-6-8-11/h4-8,12-13,16H,9-10H2,1-3H3. The Hall–Kier alpha value is -1.35. The molecule has 1 heterocycles. The first-order chi connectivity index (χ1) is 8.47. The molecule has 0 saturated carbocycles. The zero-order chi connectivity index (χ0) is 13.2. The molecule has 1 aliphatic rings. The third kappa shape index (κ3) is 3.10. The van der Waals surface area contributed by atoms with Crippen molar-refractivity contribution in [3.63, 3.8) is 0 Å². The van der Waals surface area contributed by atoms with Crippen LogP contribution in [0.2, 0.25) is 0 Å². The number of benzene rings is 1. The molecule has 98 valence electrons. The summed E-state index contributed by atoms with van der Waals surface area (Å²) in [5.41, 5.74) is 0.791. The predicted molar refractivity (Wildman–Crippen MR) is 71.4 cm³/mol. The average Bonchev–Trinajstić information content (AvgIpc) is 2.76. The fourth-order valence-electron chi connectivity index (χ4n) is 2.35. The van der Waals surface area contributed by atoms with Crippen LogP contribution in [0.15, 0.2) is 30.3 Å². The monoisotopic (exact) mass is 247 g/mol. The zero-order valence-electron chi connectivity index (χ0n) is 11.3. The van der Waals surface area contributed by atoms with E-state index in [0.717, 1.165) is 6.54 Å². The lowest BCUT2D eigenvalue weighted by atomic mass is 9.89. The second-order valence-electron chi connectivity index (χ2n) is 5.82. The van der Waals surface area contributed by atoms with Crippen molar-refractivity contribution in [3.05, 3.63) is 35.9 Å². The van der Waals surface area contributed by atoms with E-state index in [1.165, 1.54) is 5.56 Å². The van der Waals surface area contributed by atoms with Crippen LogP contribution in [0.5, 0.6) is 0 Å². The van der Waals surface area contributed by atoms with Crippen molar-refractivity contribution in [2.24, 2.45) is 5.92 Å². The summed E-state index contributed by atoms with van der Waals surface area (Å²) in [6.07, 6.45) is 0. The fraction of sp³-hybridized carbons (Fsp3) is 0.533. The Balaban J connectivity index is 2.11. The van der Waals surface area contributed by atoms with Gasteiger partial charge < -0.3 is 10.1 Å². The number of ether oxygens (including phenoxy) is 1. The lowest BCUT2D eigenvalue weighted by Crippen LogP contribution is -2.31. The van der Waals surface area contributed by atoms with Gasteiger partial charge in [-0.05, 0) is 26.3 Å². The normalized spacial score (nSPS) is 23.9. The van der Waals surface area contributed by atoms with Gasteiger partial charge in [0.2, 0.25) is 0 Å². The van der Waals surface area contributed by atoms with Crippen molar-refractivity contribution >= 4 is 5.97 Å². The molecular weight excluding hydrogens is 226 g/mol. The average molecular weight is 247 g/mol. The smallest absolute Gasteiger partial charge is 0.311 e. The van der Waals surface area contributed by atoms with Gasteiger partial charge in [-0.3, -0.25) is 4.79 Å². The Bertz CT molecular complexity index is 408. The fourth-order valence-corrected chi connectivity index (χ4v) is 2.35. The van der Waals surface area contributed by atoms with Crippen molar-refractivity contribution in [2.75, 3.05) is 13.1 Å². The molecule has 2 unspecified atom stereocenters. The molecule has 0 radical (unpaired) electrons. The van der Waals surface area contributed by atoms with E-state index in [0.29, 0.717) is 6.54 Å². The zero-order valence-corrected chi connectivity index (χ0v) is 11.3. The van der Waals surface area contributed by atoms with Crippen LogP contribution < -0.4 is 5.32 Å². The summed E-state index contributed by atoms with van der Waals surface area (Å²) in [5, 5.41) is 3.29. The second-order valence-corrected chi connectivity index (χ2v) is 5.82. The summed E-state index contributed by atoms with van der Waals surface area (Å²) in [4.78, 5) is 12.2. The van der Waals surface area contributed by atoms with E-state index >= 15 is 0 Å². The highest BCUT2D eigenvalue weighted by Crippen LogP contribution is 2.29. The molecule has 0 aliphatic carbocycles. The molecule has 0 bridgehead atoms. The van der Waals surface area contributed by atoms with Crippen molar-refractivity contribution < 1.29 is 9.53 Å². The summed E-state index contributed by atoms with van der Waals surface area (Å²) in [7, 11) is 0. The first-order valence-electron chi connectivity index (χ1n) is 6.46. The number of hydrogen-bond donors (Lipinski definition) is 1. The molecule has 1 aromatic rings. The number of rotatable bonds is 2. The van der Waals surface area contributed by atoms with Gasteiger partial charge in [0.05, 0.1) is 5.92 Å². The molecule has 3 nitrogen and oxygen atoms in total. The Kier molecular flexibility index (Phi) is 3.71. The van der Waals surface area contributed by atoms with Crippen LogP contribution in [-0.4, -0.2) is 24.7 Å². The maximum Gasteiger partial charge on any atom is 0.311 e. The summed E-state index contributed by atoms with van der Waals surface area (Å²) in [6.45, 7) is 7.27. The summed E-state index contributed by atoms with van der Waals surface area (Å²) >= 11 is 0. The van der Waals surface area contributed by atoms with E-state index in [1.807, 2.05) is 39.0 Å². The van der Waals surface area contributed by atoms with Crippen LogP contribution in [0.4, 0.5) is 0 Å². The van der Waals surface area contributed by atoms with Gasteiger partial charge >= 0.3 is 5.97 Å². The van der Waals surface area contributed by atoms with Crippen molar-refractivity contribution in [3.8, 4) is 0 Å². The minimum absolute atomic E-state index is 0.0772. The number of hydrogen-bond acceptors (Lipinski definition) is 3. The minimum atomic E-state index is -0.416. The topological polar surface area (TPSA) is 38.3 Å². The lowest BCUT2D eigenvalue weighted by Gasteiger charge is -2.24. The molecule has 18 heavy (non-hydrogen) atoms. The van der Waals surface area contributed by atoms with E-state index in [9.17, 15) is 4.79 Å². The first kappa shape index (κ1) is 13.1. The minimum Gasteiger partial charge on any atom is -0.460 e. The molecule has 1 fully saturated rings. The van der Waals surface area contributed by atoms with Gasteiger partial charge in [0.25, 0.3) is 0 Å². The Morgan fingerprint density at radius 1 is 1.22 bits per heavy atom. The van der Waals surface area contributed by atoms with E-state index in [-0.39, 0.29) is 17.8 Å². The van der Waals surface area contributed by atoms with Gasteiger partial charge in [0.15, 0.2) is 0 Å². The number of carbonyl (C=O) groups is 1. The quantitative estimate of drug-likeness (QED) is 0.815. The first-order valence-corrected chi connectivity index (χ1v) is 6.46. The maximum atomic E-state index is 12.2. The molecule has 1 saturated heterocycles. The van der Waals surface area contributed by atoms with Crippen LogP contribution in [0.25, 0.3) is 0 Å². The number of carbonyl (C=O) groups excluding carboxylic acids is 1. The van der Waals surface area contributed by atoms with E-state index in [2.05, 4.69) is 17.4 Å². The molecule has 1 N–H and O–H groups in total. The van der Waals surface area contributed by atoms with E-state index in [1.54, 1.807) is 0 Å². The Morgan fingerprint density at radius 2 is 1.89 bits per heavy atom. The third-order valence-corrected chi connectivity index (χ3v) is 3.15. The highest BCUT2D eigenvalue weighted by molar-refractivity contribution is 5.75. The molecule has 1 aliphatic heterocycles. The summed E-state index contributed by atoms with van der Waals surface area (Å²) < 4.78 is 5.49. The van der Waals surface area contributed by atoms with Gasteiger partial charge in [-0.25, -0.2) is 0 Å². The highest BCUT2D eigenvalue weighted by Gasteiger charge is 2.36. The molecule has 2 atom stereocenters. The van der Waals surface area contributed by atoms with Gasteiger partial charge in [-0.2, -0.15) is 0 Å².